The maximum absolute atomic E-state index is 12.0. The molecule has 17 heavy (non-hydrogen) atoms. The molecule has 1 saturated heterocycles. The van der Waals surface area contributed by atoms with Crippen LogP contribution in [0.25, 0.3) is 5.65 Å². The second-order valence-electron chi connectivity index (χ2n) is 4.55. The normalized spacial score (nSPS) is 19.9. The summed E-state index contributed by atoms with van der Waals surface area (Å²) in [5, 5.41) is 3.37. The topological polar surface area (TPSA) is 46.4 Å². The van der Waals surface area contributed by atoms with Crippen molar-refractivity contribution < 1.29 is 0 Å². The van der Waals surface area contributed by atoms with Gasteiger partial charge in [-0.15, -0.1) is 0 Å². The minimum Gasteiger partial charge on any atom is -0.309 e. The number of hydrogen-bond donors (Lipinski definition) is 1. The van der Waals surface area contributed by atoms with Crippen molar-refractivity contribution in [3.05, 3.63) is 46.0 Å². The van der Waals surface area contributed by atoms with Gasteiger partial charge in [-0.05, 0) is 37.9 Å². The summed E-state index contributed by atoms with van der Waals surface area (Å²) in [5.41, 5.74) is 2.68. The Bertz CT molecular complexity index is 612. The van der Waals surface area contributed by atoms with Crippen LogP contribution >= 0.6 is 0 Å². The first-order valence-electron chi connectivity index (χ1n) is 5.98. The molecule has 2 aromatic rings. The molecule has 1 aliphatic heterocycles. The summed E-state index contributed by atoms with van der Waals surface area (Å²) in [5.74, 6) is 0. The smallest absolute Gasteiger partial charge is 0.258 e. The van der Waals surface area contributed by atoms with Crippen LogP contribution in [0.2, 0.25) is 0 Å². The van der Waals surface area contributed by atoms with Gasteiger partial charge in [0.05, 0.1) is 5.69 Å². The summed E-state index contributed by atoms with van der Waals surface area (Å²) >= 11 is 0. The molecule has 1 unspecified atom stereocenters. The van der Waals surface area contributed by atoms with Crippen molar-refractivity contribution in [2.24, 2.45) is 0 Å². The van der Waals surface area contributed by atoms with Crippen molar-refractivity contribution in [2.45, 2.75) is 25.8 Å². The minimum absolute atomic E-state index is 0.00222. The molecule has 0 saturated carbocycles. The molecule has 2 aromatic heterocycles. The number of hydrogen-bond acceptors (Lipinski definition) is 3. The predicted octanol–water partition coefficient (Wildman–Crippen LogP) is 1.43. The quantitative estimate of drug-likeness (QED) is 0.804. The molecule has 1 atom stereocenters. The summed E-state index contributed by atoms with van der Waals surface area (Å²) in [6, 6.07) is 5.74. The van der Waals surface area contributed by atoms with Crippen LogP contribution in [0, 0.1) is 6.92 Å². The number of nitrogens with one attached hydrogen (secondary N) is 1. The largest absolute Gasteiger partial charge is 0.309 e. The molecule has 3 heterocycles. The van der Waals surface area contributed by atoms with Gasteiger partial charge in [-0.3, -0.25) is 9.20 Å². The molecule has 0 amide bonds. The van der Waals surface area contributed by atoms with E-state index in [0.717, 1.165) is 36.3 Å². The molecule has 88 valence electrons. The van der Waals surface area contributed by atoms with E-state index in [0.29, 0.717) is 0 Å². The number of aryl methyl sites for hydroxylation is 1. The van der Waals surface area contributed by atoms with Crippen LogP contribution in [0.5, 0.6) is 0 Å². The monoisotopic (exact) mass is 229 g/mol. The van der Waals surface area contributed by atoms with E-state index in [1.165, 1.54) is 0 Å². The third-order valence-corrected chi connectivity index (χ3v) is 3.32. The van der Waals surface area contributed by atoms with Gasteiger partial charge in [-0.25, -0.2) is 4.98 Å². The van der Waals surface area contributed by atoms with Gasteiger partial charge in [0, 0.05) is 18.3 Å². The standard InChI is InChI=1S/C13H15N3O/c1-9-4-3-7-16-12(17)8-11(15-13(9)16)10-5-2-6-14-10/h3-4,7-8,10,14H,2,5-6H2,1H3. The minimum atomic E-state index is 0.00222. The maximum atomic E-state index is 12.0. The van der Waals surface area contributed by atoms with Gasteiger partial charge in [0.2, 0.25) is 0 Å². The SMILES string of the molecule is Cc1cccn2c(=O)cc(C3CCCN3)nc12. The Morgan fingerprint density at radius 1 is 1.53 bits per heavy atom. The Kier molecular flexibility index (Phi) is 2.44. The van der Waals surface area contributed by atoms with E-state index in [1.807, 2.05) is 19.1 Å². The molecule has 1 N–H and O–H groups in total. The zero-order chi connectivity index (χ0) is 11.8. The summed E-state index contributed by atoms with van der Waals surface area (Å²) in [6.45, 7) is 2.99. The second kappa shape index (κ2) is 3.96. The Balaban J connectivity index is 2.22. The molecule has 0 spiro atoms. The van der Waals surface area contributed by atoms with E-state index >= 15 is 0 Å². The second-order valence-corrected chi connectivity index (χ2v) is 4.55. The van der Waals surface area contributed by atoms with Gasteiger partial charge in [-0.1, -0.05) is 6.07 Å². The summed E-state index contributed by atoms with van der Waals surface area (Å²) < 4.78 is 1.60. The van der Waals surface area contributed by atoms with Crippen LogP contribution in [-0.2, 0) is 0 Å². The lowest BCUT2D eigenvalue weighted by atomic mass is 10.1. The Morgan fingerprint density at radius 3 is 3.18 bits per heavy atom. The summed E-state index contributed by atoms with van der Waals surface area (Å²) in [4.78, 5) is 16.6. The van der Waals surface area contributed by atoms with Crippen molar-refractivity contribution in [3.63, 3.8) is 0 Å². The van der Waals surface area contributed by atoms with E-state index < -0.39 is 0 Å². The highest BCUT2D eigenvalue weighted by Crippen LogP contribution is 2.20. The molecule has 1 aliphatic rings. The Morgan fingerprint density at radius 2 is 2.41 bits per heavy atom. The third-order valence-electron chi connectivity index (χ3n) is 3.32. The highest BCUT2D eigenvalue weighted by Gasteiger charge is 2.18. The predicted molar refractivity (Wildman–Crippen MR) is 66.2 cm³/mol. The average Bonchev–Trinajstić information content (AvgIpc) is 2.84. The number of nitrogens with zero attached hydrogens (tertiary/aromatic N) is 2. The molecule has 0 aliphatic carbocycles. The van der Waals surface area contributed by atoms with Crippen molar-refractivity contribution in [1.29, 1.82) is 0 Å². The Labute approximate surface area is 99.3 Å². The van der Waals surface area contributed by atoms with Crippen LogP contribution in [0.15, 0.2) is 29.2 Å². The van der Waals surface area contributed by atoms with Gasteiger partial charge >= 0.3 is 0 Å². The number of pyridine rings is 1. The molecule has 1 fully saturated rings. The van der Waals surface area contributed by atoms with Crippen molar-refractivity contribution in [2.75, 3.05) is 6.54 Å². The fraction of sp³-hybridized carbons (Fsp3) is 0.385. The van der Waals surface area contributed by atoms with Gasteiger partial charge in [0.1, 0.15) is 5.65 Å². The fourth-order valence-electron chi connectivity index (χ4n) is 2.39. The van der Waals surface area contributed by atoms with Crippen molar-refractivity contribution in [3.8, 4) is 0 Å². The highest BCUT2D eigenvalue weighted by molar-refractivity contribution is 5.47. The summed E-state index contributed by atoms with van der Waals surface area (Å²) in [7, 11) is 0. The van der Waals surface area contributed by atoms with Crippen LogP contribution < -0.4 is 10.9 Å². The lowest BCUT2D eigenvalue weighted by Gasteiger charge is -2.11. The molecule has 4 nitrogen and oxygen atoms in total. The number of aromatic nitrogens is 2. The zero-order valence-electron chi connectivity index (χ0n) is 9.81. The third kappa shape index (κ3) is 1.74. The first kappa shape index (κ1) is 10.5. The maximum Gasteiger partial charge on any atom is 0.258 e. The first-order chi connectivity index (χ1) is 8.25. The molecule has 3 rings (SSSR count). The van der Waals surface area contributed by atoms with E-state index in [1.54, 1.807) is 16.7 Å². The Hall–Kier alpha value is -1.68. The molecule has 4 heteroatoms. The average molecular weight is 229 g/mol. The van der Waals surface area contributed by atoms with E-state index in [2.05, 4.69) is 10.3 Å². The van der Waals surface area contributed by atoms with Crippen LogP contribution in [-0.4, -0.2) is 15.9 Å². The van der Waals surface area contributed by atoms with Gasteiger partial charge in [0.25, 0.3) is 5.56 Å². The first-order valence-corrected chi connectivity index (χ1v) is 5.98. The van der Waals surface area contributed by atoms with Gasteiger partial charge in [-0.2, -0.15) is 0 Å². The van der Waals surface area contributed by atoms with Crippen LogP contribution in [0.1, 0.15) is 30.1 Å². The van der Waals surface area contributed by atoms with E-state index in [4.69, 9.17) is 0 Å². The van der Waals surface area contributed by atoms with Crippen LogP contribution in [0.3, 0.4) is 0 Å². The lowest BCUT2D eigenvalue weighted by Crippen LogP contribution is -2.21. The van der Waals surface area contributed by atoms with Crippen molar-refractivity contribution >= 4 is 5.65 Å². The highest BCUT2D eigenvalue weighted by atomic mass is 16.1. The molecule has 0 aromatic carbocycles. The van der Waals surface area contributed by atoms with Crippen LogP contribution in [0.4, 0.5) is 0 Å². The number of rotatable bonds is 1. The van der Waals surface area contributed by atoms with E-state index in [-0.39, 0.29) is 11.6 Å². The molecular weight excluding hydrogens is 214 g/mol. The number of fused-ring (bicyclic) bond motifs is 1. The van der Waals surface area contributed by atoms with Gasteiger partial charge < -0.3 is 5.32 Å². The van der Waals surface area contributed by atoms with E-state index in [9.17, 15) is 4.79 Å². The summed E-state index contributed by atoms with van der Waals surface area (Å²) in [6.07, 6.45) is 3.98. The van der Waals surface area contributed by atoms with Gasteiger partial charge in [0.15, 0.2) is 0 Å². The molecular formula is C13H15N3O. The fourth-order valence-corrected chi connectivity index (χ4v) is 2.39. The lowest BCUT2D eigenvalue weighted by molar-refractivity contribution is 0.626. The molecule has 0 bridgehead atoms. The molecule has 0 radical (unpaired) electrons. The van der Waals surface area contributed by atoms with Crippen molar-refractivity contribution in [1.82, 2.24) is 14.7 Å². The zero-order valence-corrected chi connectivity index (χ0v) is 9.81.